The molecule has 0 radical (unpaired) electrons. The van der Waals surface area contributed by atoms with Crippen LogP contribution in [0, 0.1) is 10.1 Å². The van der Waals surface area contributed by atoms with Crippen molar-refractivity contribution in [3.8, 4) is 0 Å². The number of anilines is 2. The summed E-state index contributed by atoms with van der Waals surface area (Å²) < 4.78 is 0. The van der Waals surface area contributed by atoms with E-state index in [1.54, 1.807) is 30.3 Å². The van der Waals surface area contributed by atoms with Gasteiger partial charge in [-0.05, 0) is 31.2 Å². The highest BCUT2D eigenvalue weighted by Crippen LogP contribution is 2.27. The molecule has 0 aliphatic heterocycles. The first-order chi connectivity index (χ1) is 11.4. The van der Waals surface area contributed by atoms with Crippen LogP contribution in [0.5, 0.6) is 0 Å². The van der Waals surface area contributed by atoms with Crippen LogP contribution in [0.1, 0.15) is 17.3 Å². The summed E-state index contributed by atoms with van der Waals surface area (Å²) in [4.78, 5) is 33.5. The Hall–Kier alpha value is -2.93. The minimum atomic E-state index is -0.596. The van der Waals surface area contributed by atoms with Gasteiger partial charge in [0.25, 0.3) is 5.69 Å². The van der Waals surface area contributed by atoms with Crippen LogP contribution in [-0.4, -0.2) is 23.2 Å². The molecule has 2 rings (SSSR count). The number of nitro groups is 1. The molecular weight excluding hydrogens is 334 g/mol. The van der Waals surface area contributed by atoms with E-state index in [0.29, 0.717) is 16.9 Å². The van der Waals surface area contributed by atoms with Crippen LogP contribution < -0.4 is 10.6 Å². The Bertz CT molecular complexity index is 808. The predicted molar refractivity (Wildman–Crippen MR) is 91.7 cm³/mol. The number of halogens is 1. The fraction of sp³-hybridized carbons (Fsp3) is 0.125. The van der Waals surface area contributed by atoms with Gasteiger partial charge < -0.3 is 10.6 Å². The molecule has 0 spiro atoms. The Labute approximate surface area is 142 Å². The number of amides is 1. The fourth-order valence-electron chi connectivity index (χ4n) is 1.97. The summed E-state index contributed by atoms with van der Waals surface area (Å²) in [5.74, 6) is -0.453. The Morgan fingerprint density at radius 3 is 2.58 bits per heavy atom. The molecule has 0 bridgehead atoms. The number of hydrogen-bond acceptors (Lipinski definition) is 5. The van der Waals surface area contributed by atoms with Crippen LogP contribution in [0.4, 0.5) is 17.1 Å². The van der Waals surface area contributed by atoms with E-state index >= 15 is 0 Å². The minimum absolute atomic E-state index is 0.0241. The molecule has 0 unspecified atom stereocenters. The van der Waals surface area contributed by atoms with Gasteiger partial charge in [-0.15, -0.1) is 0 Å². The van der Waals surface area contributed by atoms with E-state index in [2.05, 4.69) is 10.6 Å². The van der Waals surface area contributed by atoms with Crippen molar-refractivity contribution in [2.75, 3.05) is 17.2 Å². The molecule has 0 aliphatic rings. The molecule has 0 saturated heterocycles. The molecule has 2 N–H and O–H groups in total. The molecule has 0 saturated carbocycles. The average molecular weight is 348 g/mol. The summed E-state index contributed by atoms with van der Waals surface area (Å²) in [5, 5.41) is 16.3. The smallest absolute Gasteiger partial charge is 0.289 e. The van der Waals surface area contributed by atoms with E-state index in [9.17, 15) is 19.7 Å². The van der Waals surface area contributed by atoms with E-state index < -0.39 is 4.92 Å². The number of nitrogens with zero attached hydrogens (tertiary/aromatic N) is 1. The molecule has 8 heteroatoms. The first-order valence-electron chi connectivity index (χ1n) is 6.95. The molecule has 24 heavy (non-hydrogen) atoms. The lowest BCUT2D eigenvalue weighted by Gasteiger charge is -2.09. The van der Waals surface area contributed by atoms with E-state index in [4.69, 9.17) is 11.6 Å². The van der Waals surface area contributed by atoms with Gasteiger partial charge in [0, 0.05) is 23.0 Å². The molecule has 0 heterocycles. The van der Waals surface area contributed by atoms with Crippen molar-refractivity contribution in [1.29, 1.82) is 0 Å². The van der Waals surface area contributed by atoms with Gasteiger partial charge >= 0.3 is 0 Å². The third-order valence-corrected chi connectivity index (χ3v) is 3.47. The largest absolute Gasteiger partial charge is 0.376 e. The molecule has 2 aromatic carbocycles. The average Bonchev–Trinajstić information content (AvgIpc) is 2.54. The maximum atomic E-state index is 11.9. The minimum Gasteiger partial charge on any atom is -0.376 e. The molecule has 0 aromatic heterocycles. The van der Waals surface area contributed by atoms with Gasteiger partial charge in [-0.25, -0.2) is 0 Å². The van der Waals surface area contributed by atoms with Crippen LogP contribution in [-0.2, 0) is 4.79 Å². The maximum Gasteiger partial charge on any atom is 0.289 e. The lowest BCUT2D eigenvalue weighted by molar-refractivity contribution is -0.384. The van der Waals surface area contributed by atoms with Crippen molar-refractivity contribution in [2.45, 2.75) is 6.92 Å². The lowest BCUT2D eigenvalue weighted by atomic mass is 10.1. The van der Waals surface area contributed by atoms with Crippen molar-refractivity contribution in [1.82, 2.24) is 0 Å². The topological polar surface area (TPSA) is 101 Å². The number of rotatable bonds is 6. The summed E-state index contributed by atoms with van der Waals surface area (Å²) in [7, 11) is 0. The fourth-order valence-corrected chi connectivity index (χ4v) is 2.15. The van der Waals surface area contributed by atoms with Gasteiger partial charge in [0.1, 0.15) is 5.02 Å². The number of benzene rings is 2. The first kappa shape index (κ1) is 17.4. The van der Waals surface area contributed by atoms with Crippen molar-refractivity contribution in [2.24, 2.45) is 0 Å². The van der Waals surface area contributed by atoms with Crippen LogP contribution in [0.25, 0.3) is 0 Å². The maximum absolute atomic E-state index is 11.9. The summed E-state index contributed by atoms with van der Waals surface area (Å²) in [6, 6.07) is 10.7. The number of nitro benzene ring substituents is 1. The summed E-state index contributed by atoms with van der Waals surface area (Å²) in [5.41, 5.74) is 1.15. The molecule has 1 amide bonds. The zero-order valence-corrected chi connectivity index (χ0v) is 13.5. The summed E-state index contributed by atoms with van der Waals surface area (Å²) in [6.07, 6.45) is 0. The van der Waals surface area contributed by atoms with Crippen molar-refractivity contribution in [3.05, 3.63) is 63.2 Å². The van der Waals surface area contributed by atoms with E-state index in [-0.39, 0.29) is 28.9 Å². The van der Waals surface area contributed by atoms with E-state index in [0.717, 1.165) is 0 Å². The third kappa shape index (κ3) is 4.53. The van der Waals surface area contributed by atoms with E-state index in [1.807, 2.05) is 0 Å². The molecule has 0 fully saturated rings. The Balaban J connectivity index is 1.99. The quantitative estimate of drug-likeness (QED) is 0.473. The standard InChI is InChI=1S/C16H14ClN3O4/c1-10(21)11-3-2-4-13(7-11)19-16(22)9-18-12-5-6-14(17)15(8-12)20(23)24/h2-8,18H,9H2,1H3,(H,19,22). The number of Topliss-reactive ketones (excluding diaryl/α,β-unsaturated/α-hetero) is 1. The second-order valence-electron chi connectivity index (χ2n) is 4.96. The van der Waals surface area contributed by atoms with Crippen molar-refractivity contribution < 1.29 is 14.5 Å². The Kier molecular flexibility index (Phi) is 5.49. The van der Waals surface area contributed by atoms with Gasteiger partial charge in [-0.2, -0.15) is 0 Å². The van der Waals surface area contributed by atoms with Gasteiger partial charge in [0.2, 0.25) is 5.91 Å². The van der Waals surface area contributed by atoms with Gasteiger partial charge in [-0.3, -0.25) is 19.7 Å². The molecule has 124 valence electrons. The zero-order chi connectivity index (χ0) is 17.7. The molecule has 2 aromatic rings. The second kappa shape index (κ2) is 7.56. The molecule has 0 aliphatic carbocycles. The Morgan fingerprint density at radius 1 is 1.17 bits per heavy atom. The van der Waals surface area contributed by atoms with Crippen molar-refractivity contribution >= 4 is 40.4 Å². The SMILES string of the molecule is CC(=O)c1cccc(NC(=O)CNc2ccc(Cl)c([N+](=O)[O-])c2)c1. The normalized spacial score (nSPS) is 10.1. The first-order valence-corrected chi connectivity index (χ1v) is 7.33. The van der Waals surface area contributed by atoms with Gasteiger partial charge in [-0.1, -0.05) is 23.7 Å². The number of carbonyl (C=O) groups excluding carboxylic acids is 2. The third-order valence-electron chi connectivity index (χ3n) is 3.15. The van der Waals surface area contributed by atoms with Gasteiger partial charge in [0.15, 0.2) is 5.78 Å². The number of hydrogen-bond donors (Lipinski definition) is 2. The monoisotopic (exact) mass is 347 g/mol. The van der Waals surface area contributed by atoms with Crippen LogP contribution >= 0.6 is 11.6 Å². The molecule has 0 atom stereocenters. The van der Waals surface area contributed by atoms with Crippen LogP contribution in [0.15, 0.2) is 42.5 Å². The second-order valence-corrected chi connectivity index (χ2v) is 5.37. The predicted octanol–water partition coefficient (Wildman–Crippen LogP) is 3.50. The van der Waals surface area contributed by atoms with Crippen LogP contribution in [0.2, 0.25) is 5.02 Å². The zero-order valence-electron chi connectivity index (χ0n) is 12.7. The highest BCUT2D eigenvalue weighted by atomic mass is 35.5. The number of ketones is 1. The lowest BCUT2D eigenvalue weighted by Crippen LogP contribution is -2.21. The summed E-state index contributed by atoms with van der Waals surface area (Å²) in [6.45, 7) is 1.35. The van der Waals surface area contributed by atoms with Crippen molar-refractivity contribution in [3.63, 3.8) is 0 Å². The number of nitrogens with one attached hydrogen (secondary N) is 2. The van der Waals surface area contributed by atoms with Gasteiger partial charge in [0.05, 0.1) is 11.5 Å². The highest BCUT2D eigenvalue weighted by Gasteiger charge is 2.13. The summed E-state index contributed by atoms with van der Waals surface area (Å²) >= 11 is 5.73. The Morgan fingerprint density at radius 2 is 1.92 bits per heavy atom. The molecular formula is C16H14ClN3O4. The van der Waals surface area contributed by atoms with E-state index in [1.165, 1.54) is 19.1 Å². The van der Waals surface area contributed by atoms with Crippen LogP contribution in [0.3, 0.4) is 0 Å². The highest BCUT2D eigenvalue weighted by molar-refractivity contribution is 6.32. The number of carbonyl (C=O) groups is 2. The molecule has 7 nitrogen and oxygen atoms in total.